The van der Waals surface area contributed by atoms with E-state index in [-0.39, 0.29) is 42.9 Å². The third-order valence-electron chi connectivity index (χ3n) is 8.48. The fraction of sp³-hybridized carbons (Fsp3) is 0.243. The lowest BCUT2D eigenvalue weighted by Crippen LogP contribution is -2.46. The molecule has 0 fully saturated rings. The number of benzene rings is 4. The highest BCUT2D eigenvalue weighted by atomic mass is 16.5. The molecule has 1 N–H and O–H groups in total. The maximum atomic E-state index is 13.7. The van der Waals surface area contributed by atoms with Gasteiger partial charge in [-0.25, -0.2) is 0 Å². The van der Waals surface area contributed by atoms with Gasteiger partial charge in [0.25, 0.3) is 5.91 Å². The first kappa shape index (κ1) is 29.4. The van der Waals surface area contributed by atoms with Crippen LogP contribution in [0.5, 0.6) is 11.5 Å². The van der Waals surface area contributed by atoms with Crippen molar-refractivity contribution < 1.29 is 24.2 Å². The molecule has 4 aromatic carbocycles. The summed E-state index contributed by atoms with van der Waals surface area (Å²) in [4.78, 5) is 30.4. The first-order valence-electron chi connectivity index (χ1n) is 15.0. The lowest BCUT2D eigenvalue weighted by Gasteiger charge is -2.36. The summed E-state index contributed by atoms with van der Waals surface area (Å²) in [5, 5.41) is 9.95. The molecular weight excluding hydrogens is 552 g/mol. The van der Waals surface area contributed by atoms with Gasteiger partial charge in [-0.15, -0.1) is 0 Å². The quantitative estimate of drug-likeness (QED) is 0.225. The largest absolute Gasteiger partial charge is 0.454 e. The summed E-state index contributed by atoms with van der Waals surface area (Å²) in [7, 11) is 1.67. The number of ether oxygens (including phenoxy) is 2. The molecule has 0 saturated carbocycles. The molecule has 0 bridgehead atoms. The van der Waals surface area contributed by atoms with E-state index in [4.69, 9.17) is 9.47 Å². The Labute approximate surface area is 258 Å². The second-order valence-corrected chi connectivity index (χ2v) is 11.3. The Balaban J connectivity index is 1.16. The van der Waals surface area contributed by atoms with Gasteiger partial charge in [0, 0.05) is 31.7 Å². The van der Waals surface area contributed by atoms with Gasteiger partial charge in [-0.05, 0) is 59.5 Å². The Hall–Kier alpha value is -4.72. The van der Waals surface area contributed by atoms with Gasteiger partial charge in [0.2, 0.25) is 5.91 Å². The zero-order valence-corrected chi connectivity index (χ0v) is 24.9. The number of rotatable bonds is 8. The van der Waals surface area contributed by atoms with E-state index in [9.17, 15) is 14.7 Å². The van der Waals surface area contributed by atoms with Crippen molar-refractivity contribution in [2.24, 2.45) is 5.92 Å². The summed E-state index contributed by atoms with van der Waals surface area (Å²) in [6.45, 7) is 2.51. The van der Waals surface area contributed by atoms with Crippen molar-refractivity contribution in [3.8, 4) is 11.5 Å². The van der Waals surface area contributed by atoms with Crippen LogP contribution in [0.2, 0.25) is 0 Å². The van der Waals surface area contributed by atoms with E-state index < -0.39 is 0 Å². The van der Waals surface area contributed by atoms with Crippen LogP contribution in [-0.2, 0) is 22.5 Å². The molecule has 3 atom stereocenters. The molecule has 44 heavy (non-hydrogen) atoms. The number of para-hydroxylation sites is 3. The van der Waals surface area contributed by atoms with Crippen LogP contribution in [0.15, 0.2) is 109 Å². The standard InChI is InChI=1S/C37H36N2O5/c1-25(10-9-17-35(41)38-23-28-12-4-3-11-27(28)22-30(38)24-40)36(43-2)26-18-20-29(21-19-26)39-32-14-6-8-16-34(32)44-33-15-7-5-13-31(33)37(39)42/h3-16,18-21,25,30,36,40H,17,22-24H2,1-2H3/b10-9+/t25-,30-,36+/m0/s1. The molecule has 0 radical (unpaired) electrons. The van der Waals surface area contributed by atoms with Crippen molar-refractivity contribution >= 4 is 23.2 Å². The number of carbonyl (C=O) groups excluding carboxylic acids is 2. The summed E-state index contributed by atoms with van der Waals surface area (Å²) in [6.07, 6.45) is 4.56. The third kappa shape index (κ3) is 5.76. The van der Waals surface area contributed by atoms with Crippen molar-refractivity contribution in [1.82, 2.24) is 4.90 Å². The van der Waals surface area contributed by atoms with E-state index in [1.165, 1.54) is 5.56 Å². The average molecular weight is 589 g/mol. The van der Waals surface area contributed by atoms with Crippen LogP contribution in [-0.4, -0.2) is 41.6 Å². The molecule has 2 amide bonds. The molecule has 2 heterocycles. The second kappa shape index (κ2) is 12.9. The van der Waals surface area contributed by atoms with Gasteiger partial charge >= 0.3 is 0 Å². The number of carbonyl (C=O) groups is 2. The van der Waals surface area contributed by atoms with E-state index in [0.717, 1.165) is 16.8 Å². The van der Waals surface area contributed by atoms with Gasteiger partial charge in [0.15, 0.2) is 5.75 Å². The first-order chi connectivity index (χ1) is 21.5. The summed E-state index contributed by atoms with van der Waals surface area (Å²) in [5.74, 6) is 0.947. The van der Waals surface area contributed by atoms with Gasteiger partial charge in [0.05, 0.1) is 30.0 Å². The maximum absolute atomic E-state index is 13.7. The molecular formula is C37H36N2O5. The lowest BCUT2D eigenvalue weighted by molar-refractivity contribution is -0.134. The predicted molar refractivity (Wildman–Crippen MR) is 170 cm³/mol. The fourth-order valence-corrected chi connectivity index (χ4v) is 6.18. The number of nitrogens with zero attached hydrogens (tertiary/aromatic N) is 2. The van der Waals surface area contributed by atoms with Crippen molar-refractivity contribution in [3.05, 3.63) is 131 Å². The number of aliphatic hydroxyl groups is 1. The molecule has 0 saturated heterocycles. The van der Waals surface area contributed by atoms with E-state index in [2.05, 4.69) is 13.0 Å². The molecule has 7 heteroatoms. The molecule has 224 valence electrons. The molecule has 7 nitrogen and oxygen atoms in total. The van der Waals surface area contributed by atoms with Crippen LogP contribution in [0.4, 0.5) is 11.4 Å². The summed E-state index contributed by atoms with van der Waals surface area (Å²) < 4.78 is 12.0. The highest BCUT2D eigenvalue weighted by molar-refractivity contribution is 6.14. The van der Waals surface area contributed by atoms with Crippen LogP contribution in [0, 0.1) is 5.92 Å². The van der Waals surface area contributed by atoms with Gasteiger partial charge in [-0.1, -0.05) is 79.7 Å². The zero-order chi connectivity index (χ0) is 30.6. The molecule has 2 aliphatic rings. The minimum Gasteiger partial charge on any atom is -0.454 e. The van der Waals surface area contributed by atoms with E-state index in [1.807, 2.05) is 91.0 Å². The van der Waals surface area contributed by atoms with Crippen LogP contribution < -0.4 is 9.64 Å². The molecule has 2 aliphatic heterocycles. The number of aliphatic hydroxyl groups excluding tert-OH is 1. The molecule has 0 spiro atoms. The van der Waals surface area contributed by atoms with Crippen LogP contribution in [0.1, 0.15) is 46.5 Å². The number of fused-ring (bicyclic) bond motifs is 3. The Bertz CT molecular complexity index is 1680. The van der Waals surface area contributed by atoms with E-state index >= 15 is 0 Å². The molecule has 4 aromatic rings. The Kier molecular flexibility index (Phi) is 8.59. The first-order valence-corrected chi connectivity index (χ1v) is 15.0. The van der Waals surface area contributed by atoms with Gasteiger partial charge in [-0.2, -0.15) is 0 Å². The van der Waals surface area contributed by atoms with Gasteiger partial charge < -0.3 is 19.5 Å². The van der Waals surface area contributed by atoms with E-state index in [0.29, 0.717) is 35.7 Å². The highest BCUT2D eigenvalue weighted by Crippen LogP contribution is 2.42. The Morgan fingerprint density at radius 3 is 2.39 bits per heavy atom. The lowest BCUT2D eigenvalue weighted by atomic mass is 9.93. The molecule has 0 unspecified atom stereocenters. The predicted octanol–water partition coefficient (Wildman–Crippen LogP) is 6.99. The Morgan fingerprint density at radius 2 is 1.64 bits per heavy atom. The van der Waals surface area contributed by atoms with Crippen molar-refractivity contribution in [2.45, 2.75) is 38.5 Å². The Morgan fingerprint density at radius 1 is 0.955 bits per heavy atom. The smallest absolute Gasteiger partial charge is 0.266 e. The van der Waals surface area contributed by atoms with Crippen molar-refractivity contribution in [2.75, 3.05) is 18.6 Å². The topological polar surface area (TPSA) is 79.3 Å². The normalized spacial score (nSPS) is 17.2. The number of hydrogen-bond acceptors (Lipinski definition) is 5. The average Bonchev–Trinajstić information content (AvgIpc) is 3.18. The monoisotopic (exact) mass is 588 g/mol. The molecule has 0 aromatic heterocycles. The second-order valence-electron chi connectivity index (χ2n) is 11.3. The van der Waals surface area contributed by atoms with E-state index in [1.54, 1.807) is 29.0 Å². The maximum Gasteiger partial charge on any atom is 0.266 e. The zero-order valence-electron chi connectivity index (χ0n) is 24.9. The molecule has 6 rings (SSSR count). The highest BCUT2D eigenvalue weighted by Gasteiger charge is 2.30. The van der Waals surface area contributed by atoms with Crippen LogP contribution >= 0.6 is 0 Å². The summed E-state index contributed by atoms with van der Waals surface area (Å²) in [6, 6.07) is 30.5. The minimum absolute atomic E-state index is 0.00623. The van der Waals surface area contributed by atoms with Gasteiger partial charge in [0.1, 0.15) is 5.75 Å². The van der Waals surface area contributed by atoms with Crippen LogP contribution in [0.3, 0.4) is 0 Å². The number of hydrogen-bond donors (Lipinski definition) is 1. The third-order valence-corrected chi connectivity index (χ3v) is 8.48. The minimum atomic E-state index is -0.251. The van der Waals surface area contributed by atoms with Crippen molar-refractivity contribution in [3.63, 3.8) is 0 Å². The SMILES string of the molecule is CO[C@@H](c1ccc(N2C(=O)c3ccccc3Oc3ccccc32)cc1)[C@@H](C)/C=C/CC(=O)N1Cc2ccccc2C[C@H]1CO. The summed E-state index contributed by atoms with van der Waals surface area (Å²) >= 11 is 0. The number of methoxy groups -OCH3 is 1. The van der Waals surface area contributed by atoms with Gasteiger partial charge in [-0.3, -0.25) is 14.5 Å². The number of anilines is 2. The molecule has 0 aliphatic carbocycles. The number of amides is 2. The fourth-order valence-electron chi connectivity index (χ4n) is 6.18. The summed E-state index contributed by atoms with van der Waals surface area (Å²) in [5.41, 5.74) is 5.17. The van der Waals surface area contributed by atoms with Crippen molar-refractivity contribution in [1.29, 1.82) is 0 Å². The van der Waals surface area contributed by atoms with Crippen LogP contribution in [0.25, 0.3) is 0 Å².